The second kappa shape index (κ2) is 8.39. The third-order valence-corrected chi connectivity index (χ3v) is 4.75. The number of likely N-dealkylation sites (N-methyl/N-ethyl adjacent to an activating group) is 1. The number of aromatic nitrogens is 2. The Kier molecular flexibility index (Phi) is 6.31. The molecular weight excluding hydrogens is 378 g/mol. The lowest BCUT2D eigenvalue weighted by molar-refractivity contribution is -0.188. The minimum Gasteiger partial charge on any atom is -0.387 e. The summed E-state index contributed by atoms with van der Waals surface area (Å²) < 4.78 is 17.4. The highest BCUT2D eigenvalue weighted by Gasteiger charge is 2.47. The van der Waals surface area contributed by atoms with Gasteiger partial charge >= 0.3 is 5.69 Å². The molecule has 8 atom stereocenters. The molecule has 12 nitrogen and oxygen atoms in total. The van der Waals surface area contributed by atoms with Gasteiger partial charge in [-0.15, -0.1) is 0 Å². The quantitative estimate of drug-likeness (QED) is 0.318. The number of aliphatic hydroxyl groups excluding tert-OH is 4. The highest BCUT2D eigenvalue weighted by atomic mass is 16.7. The first-order valence-corrected chi connectivity index (χ1v) is 8.80. The van der Waals surface area contributed by atoms with Gasteiger partial charge in [0, 0.05) is 18.8 Å². The van der Waals surface area contributed by atoms with Crippen LogP contribution in [-0.4, -0.2) is 105 Å². The fourth-order valence-electron chi connectivity index (χ4n) is 3.28. The molecule has 0 unspecified atom stereocenters. The van der Waals surface area contributed by atoms with Gasteiger partial charge in [-0.3, -0.25) is 14.3 Å². The average molecular weight is 403 g/mol. The predicted molar refractivity (Wildman–Crippen MR) is 92.4 cm³/mol. The third-order valence-electron chi connectivity index (χ3n) is 4.75. The van der Waals surface area contributed by atoms with E-state index in [4.69, 9.17) is 14.2 Å². The maximum absolute atomic E-state index is 11.9. The Morgan fingerprint density at radius 3 is 2.39 bits per heavy atom. The Morgan fingerprint density at radius 1 is 1.07 bits per heavy atom. The zero-order chi connectivity index (χ0) is 20.6. The molecule has 0 bridgehead atoms. The highest BCUT2D eigenvalue weighted by Crippen LogP contribution is 2.30. The molecule has 28 heavy (non-hydrogen) atoms. The first-order valence-electron chi connectivity index (χ1n) is 8.80. The summed E-state index contributed by atoms with van der Waals surface area (Å²) in [5.74, 6) is 0. The molecule has 0 saturated carbocycles. The Labute approximate surface area is 159 Å². The van der Waals surface area contributed by atoms with Gasteiger partial charge in [0.2, 0.25) is 0 Å². The molecule has 1 aromatic rings. The fourth-order valence-corrected chi connectivity index (χ4v) is 3.28. The number of nitrogens with zero attached hydrogens (tertiary/aromatic N) is 2. The van der Waals surface area contributed by atoms with Gasteiger partial charge in [0.15, 0.2) is 12.5 Å². The van der Waals surface area contributed by atoms with Crippen LogP contribution in [0.5, 0.6) is 0 Å². The van der Waals surface area contributed by atoms with E-state index in [2.05, 4.69) is 0 Å². The van der Waals surface area contributed by atoms with Crippen molar-refractivity contribution in [2.75, 3.05) is 27.2 Å². The lowest BCUT2D eigenvalue weighted by Gasteiger charge is -2.20. The van der Waals surface area contributed by atoms with Crippen LogP contribution in [-0.2, 0) is 14.2 Å². The lowest BCUT2D eigenvalue weighted by Crippen LogP contribution is -2.39. The summed E-state index contributed by atoms with van der Waals surface area (Å²) in [5, 5.41) is 40.5. The molecule has 3 heterocycles. The van der Waals surface area contributed by atoms with Crippen LogP contribution in [0, 0.1) is 0 Å². The Hall–Kier alpha value is -1.64. The van der Waals surface area contributed by atoms with Crippen LogP contribution in [0.3, 0.4) is 0 Å². The van der Waals surface area contributed by atoms with Crippen molar-refractivity contribution in [2.45, 2.75) is 49.1 Å². The number of hydrogen-bond acceptors (Lipinski definition) is 10. The van der Waals surface area contributed by atoms with E-state index in [0.717, 1.165) is 16.8 Å². The Morgan fingerprint density at radius 2 is 1.75 bits per heavy atom. The van der Waals surface area contributed by atoms with E-state index in [1.807, 2.05) is 4.98 Å². The molecule has 12 heteroatoms. The van der Waals surface area contributed by atoms with Gasteiger partial charge in [0.1, 0.15) is 36.6 Å². The number of ether oxygens (including phenoxy) is 3. The van der Waals surface area contributed by atoms with E-state index >= 15 is 0 Å². The zero-order valence-corrected chi connectivity index (χ0v) is 15.4. The van der Waals surface area contributed by atoms with Crippen LogP contribution in [0.1, 0.15) is 6.23 Å². The van der Waals surface area contributed by atoms with Gasteiger partial charge in [-0.25, -0.2) is 4.79 Å². The summed E-state index contributed by atoms with van der Waals surface area (Å²) in [5.41, 5.74) is -1.40. The Balaban J connectivity index is 1.62. The monoisotopic (exact) mass is 403 g/mol. The van der Waals surface area contributed by atoms with E-state index in [-0.39, 0.29) is 6.61 Å². The van der Waals surface area contributed by atoms with Crippen LogP contribution in [0.25, 0.3) is 0 Å². The summed E-state index contributed by atoms with van der Waals surface area (Å²) in [4.78, 5) is 26.9. The van der Waals surface area contributed by atoms with Crippen molar-refractivity contribution in [3.8, 4) is 0 Å². The molecule has 2 aliphatic rings. The fraction of sp³-hybridized carbons (Fsp3) is 0.750. The van der Waals surface area contributed by atoms with Crippen molar-refractivity contribution in [1.29, 1.82) is 0 Å². The molecule has 0 aliphatic carbocycles. The van der Waals surface area contributed by atoms with Gasteiger partial charge in [0.05, 0.1) is 6.61 Å². The van der Waals surface area contributed by atoms with Crippen LogP contribution in [0.2, 0.25) is 0 Å². The maximum atomic E-state index is 11.9. The third kappa shape index (κ3) is 4.18. The largest absolute Gasteiger partial charge is 0.387 e. The molecule has 2 fully saturated rings. The SMILES string of the molecule is CN(C)C[C@H]1O[C@@H](OC[C@H]2O[C@@H](n3ccc(=O)[nH]c3=O)[C@H](O)[C@@H]2O)[C@H](O)[C@@H]1O. The van der Waals surface area contributed by atoms with Crippen LogP contribution < -0.4 is 11.2 Å². The second-order valence-electron chi connectivity index (χ2n) is 7.18. The van der Waals surface area contributed by atoms with Gasteiger partial charge < -0.3 is 39.5 Å². The van der Waals surface area contributed by atoms with Crippen molar-refractivity contribution in [2.24, 2.45) is 0 Å². The van der Waals surface area contributed by atoms with E-state index in [1.165, 1.54) is 0 Å². The number of nitrogens with one attached hydrogen (secondary N) is 1. The smallest absolute Gasteiger partial charge is 0.330 e. The van der Waals surface area contributed by atoms with Crippen LogP contribution in [0.15, 0.2) is 21.9 Å². The summed E-state index contributed by atoms with van der Waals surface area (Å²) in [6.45, 7) is 0.104. The summed E-state index contributed by atoms with van der Waals surface area (Å²) >= 11 is 0. The normalized spacial score (nSPS) is 38.4. The first-order chi connectivity index (χ1) is 13.2. The zero-order valence-electron chi connectivity index (χ0n) is 15.4. The van der Waals surface area contributed by atoms with E-state index in [1.54, 1.807) is 19.0 Å². The maximum Gasteiger partial charge on any atom is 0.330 e. The molecule has 0 radical (unpaired) electrons. The van der Waals surface area contributed by atoms with Gasteiger partial charge in [-0.2, -0.15) is 0 Å². The number of rotatable bonds is 6. The van der Waals surface area contributed by atoms with E-state index < -0.39 is 60.4 Å². The number of H-pyrrole nitrogens is 1. The van der Waals surface area contributed by atoms with Crippen molar-refractivity contribution in [1.82, 2.24) is 14.5 Å². The highest BCUT2D eigenvalue weighted by molar-refractivity contribution is 4.94. The Bertz CT molecular complexity index is 781. The van der Waals surface area contributed by atoms with Crippen molar-refractivity contribution >= 4 is 0 Å². The molecule has 5 N–H and O–H groups in total. The van der Waals surface area contributed by atoms with Crippen molar-refractivity contribution in [3.05, 3.63) is 33.1 Å². The van der Waals surface area contributed by atoms with Crippen LogP contribution >= 0.6 is 0 Å². The summed E-state index contributed by atoms with van der Waals surface area (Å²) in [6.07, 6.45) is -8.15. The van der Waals surface area contributed by atoms with Gasteiger partial charge in [0.25, 0.3) is 5.56 Å². The van der Waals surface area contributed by atoms with E-state index in [9.17, 15) is 30.0 Å². The molecule has 0 aromatic carbocycles. The molecular formula is C16H25N3O9. The van der Waals surface area contributed by atoms with Gasteiger partial charge in [-0.1, -0.05) is 0 Å². The summed E-state index contributed by atoms with van der Waals surface area (Å²) in [7, 11) is 3.58. The number of aliphatic hydroxyl groups is 4. The molecule has 2 saturated heterocycles. The standard InChI is InChI=1S/C16H25N3O9/c1-18(2)5-7-10(21)13(24)15(28-7)26-6-8-11(22)12(23)14(27-8)19-4-3-9(20)17-16(19)25/h3-4,7-8,10-15,21-24H,5-6H2,1-2H3,(H,17,20,25)/t7-,8-,10-,11-,12-,13-,14-,15-/m1/s1. The second-order valence-corrected chi connectivity index (χ2v) is 7.18. The molecule has 2 aliphatic heterocycles. The first kappa shape index (κ1) is 21.1. The lowest BCUT2D eigenvalue weighted by atomic mass is 10.1. The minimum absolute atomic E-state index is 0.268. The average Bonchev–Trinajstić information content (AvgIpc) is 3.05. The summed E-state index contributed by atoms with van der Waals surface area (Å²) in [6, 6.07) is 1.09. The molecule has 0 spiro atoms. The number of aromatic amines is 1. The van der Waals surface area contributed by atoms with E-state index in [0.29, 0.717) is 6.54 Å². The molecule has 0 amide bonds. The minimum atomic E-state index is -1.45. The topological polar surface area (TPSA) is 167 Å². The number of hydrogen-bond donors (Lipinski definition) is 5. The molecule has 158 valence electrons. The van der Waals surface area contributed by atoms with Crippen molar-refractivity contribution in [3.63, 3.8) is 0 Å². The van der Waals surface area contributed by atoms with Crippen molar-refractivity contribution < 1.29 is 34.6 Å². The van der Waals surface area contributed by atoms with Crippen LogP contribution in [0.4, 0.5) is 0 Å². The molecule has 3 rings (SSSR count). The van der Waals surface area contributed by atoms with Gasteiger partial charge in [-0.05, 0) is 14.1 Å². The molecule has 1 aromatic heterocycles. The predicted octanol–water partition coefficient (Wildman–Crippen LogP) is -3.82.